The minimum Gasteiger partial charge on any atom is -0.469 e. The van der Waals surface area contributed by atoms with Crippen molar-refractivity contribution in [3.8, 4) is 0 Å². The molecule has 3 heterocycles. The highest BCUT2D eigenvalue weighted by atomic mass is 16.3. The van der Waals surface area contributed by atoms with Gasteiger partial charge >= 0.3 is 0 Å². The van der Waals surface area contributed by atoms with Gasteiger partial charge in [-0.2, -0.15) is 0 Å². The van der Waals surface area contributed by atoms with Crippen LogP contribution >= 0.6 is 0 Å². The summed E-state index contributed by atoms with van der Waals surface area (Å²) >= 11 is 0. The second kappa shape index (κ2) is 6.32. The first-order valence-electron chi connectivity index (χ1n) is 7.61. The summed E-state index contributed by atoms with van der Waals surface area (Å²) in [5, 5.41) is 0. The van der Waals surface area contributed by atoms with Gasteiger partial charge in [0.1, 0.15) is 5.76 Å². The number of carbonyl (C=O) groups excluding carboxylic acids is 1. The molecule has 0 spiro atoms. The molecule has 0 aliphatic carbocycles. The molecule has 0 bridgehead atoms. The van der Waals surface area contributed by atoms with Gasteiger partial charge in [0.2, 0.25) is 0 Å². The van der Waals surface area contributed by atoms with Gasteiger partial charge in [0.05, 0.1) is 17.5 Å². The Morgan fingerprint density at radius 3 is 2.64 bits per heavy atom. The number of rotatable bonds is 3. The van der Waals surface area contributed by atoms with Crippen molar-refractivity contribution in [2.45, 2.75) is 20.4 Å². The molecule has 5 nitrogen and oxygen atoms in total. The van der Waals surface area contributed by atoms with Crippen LogP contribution in [0.4, 0.5) is 0 Å². The summed E-state index contributed by atoms with van der Waals surface area (Å²) in [5.74, 6) is 0.761. The number of hydrogen-bond acceptors (Lipinski definition) is 4. The first-order valence-corrected chi connectivity index (χ1v) is 7.61. The van der Waals surface area contributed by atoms with E-state index in [0.29, 0.717) is 11.3 Å². The van der Waals surface area contributed by atoms with Gasteiger partial charge < -0.3 is 9.32 Å². The van der Waals surface area contributed by atoms with Gasteiger partial charge in [-0.05, 0) is 31.5 Å². The van der Waals surface area contributed by atoms with Crippen LogP contribution < -0.4 is 0 Å². The second-order valence-corrected chi connectivity index (χ2v) is 5.73. The number of aromatic nitrogens is 1. The van der Waals surface area contributed by atoms with Crippen LogP contribution in [0.15, 0.2) is 35.1 Å². The Morgan fingerprint density at radius 1 is 1.23 bits per heavy atom. The summed E-state index contributed by atoms with van der Waals surface area (Å²) in [7, 11) is 0. The van der Waals surface area contributed by atoms with E-state index in [0.717, 1.165) is 38.4 Å². The molecule has 0 aromatic carbocycles. The van der Waals surface area contributed by atoms with E-state index in [1.807, 2.05) is 24.1 Å². The molecule has 1 aliphatic heterocycles. The molecule has 3 rings (SSSR count). The smallest absolute Gasteiger partial charge is 0.257 e. The Hall–Kier alpha value is -2.14. The zero-order valence-corrected chi connectivity index (χ0v) is 13.1. The normalized spacial score (nSPS) is 16.0. The highest BCUT2D eigenvalue weighted by Crippen LogP contribution is 2.15. The Bertz CT molecular complexity index is 657. The third kappa shape index (κ3) is 3.04. The summed E-state index contributed by atoms with van der Waals surface area (Å²) in [6, 6.07) is 5.80. The van der Waals surface area contributed by atoms with Gasteiger partial charge in [0.25, 0.3) is 5.91 Å². The Morgan fingerprint density at radius 2 is 2.00 bits per heavy atom. The van der Waals surface area contributed by atoms with E-state index >= 15 is 0 Å². The summed E-state index contributed by atoms with van der Waals surface area (Å²) in [4.78, 5) is 21.1. The van der Waals surface area contributed by atoms with Crippen molar-refractivity contribution in [2.24, 2.45) is 0 Å². The molecule has 1 aliphatic rings. The highest BCUT2D eigenvalue weighted by Gasteiger charge is 2.24. The fraction of sp³-hybridized carbons (Fsp3) is 0.412. The minimum atomic E-state index is 0.0694. The molecule has 2 aromatic heterocycles. The molecule has 1 amide bonds. The van der Waals surface area contributed by atoms with Crippen molar-refractivity contribution in [3.63, 3.8) is 0 Å². The molecule has 116 valence electrons. The predicted molar refractivity (Wildman–Crippen MR) is 83.6 cm³/mol. The van der Waals surface area contributed by atoms with E-state index in [1.54, 1.807) is 12.3 Å². The third-order valence-electron chi connectivity index (χ3n) is 4.24. The zero-order chi connectivity index (χ0) is 15.5. The van der Waals surface area contributed by atoms with Gasteiger partial charge in [-0.3, -0.25) is 14.7 Å². The van der Waals surface area contributed by atoms with Crippen LogP contribution in [0, 0.1) is 13.8 Å². The molecular formula is C17H21N3O2. The minimum absolute atomic E-state index is 0.0694. The predicted octanol–water partition coefficient (Wildman–Crippen LogP) is 2.25. The van der Waals surface area contributed by atoms with Crippen molar-refractivity contribution >= 4 is 5.91 Å². The Balaban J connectivity index is 1.58. The number of amides is 1. The SMILES string of the molecule is Cc1cccnc1CN1CCN(C(=O)c2ccoc2C)CC1. The van der Waals surface area contributed by atoms with Gasteiger partial charge in [-0.1, -0.05) is 6.07 Å². The fourth-order valence-corrected chi connectivity index (χ4v) is 2.78. The molecule has 0 unspecified atom stereocenters. The molecule has 1 fully saturated rings. The van der Waals surface area contributed by atoms with Crippen molar-refractivity contribution in [2.75, 3.05) is 26.2 Å². The van der Waals surface area contributed by atoms with Crippen molar-refractivity contribution in [1.82, 2.24) is 14.8 Å². The zero-order valence-electron chi connectivity index (χ0n) is 13.1. The lowest BCUT2D eigenvalue weighted by molar-refractivity contribution is 0.0625. The van der Waals surface area contributed by atoms with Gasteiger partial charge in [0.15, 0.2) is 0 Å². The standard InChI is InChI=1S/C17H21N3O2/c1-13-4-3-6-18-16(13)12-19-7-9-20(10-8-19)17(21)15-5-11-22-14(15)2/h3-6,11H,7-10,12H2,1-2H3. The maximum atomic E-state index is 12.4. The summed E-state index contributed by atoms with van der Waals surface area (Å²) < 4.78 is 5.22. The number of furan rings is 1. The molecule has 0 N–H and O–H groups in total. The van der Waals surface area contributed by atoms with Crippen molar-refractivity contribution < 1.29 is 9.21 Å². The highest BCUT2D eigenvalue weighted by molar-refractivity contribution is 5.95. The Kier molecular flexibility index (Phi) is 4.24. The van der Waals surface area contributed by atoms with E-state index in [1.165, 1.54) is 5.56 Å². The average Bonchev–Trinajstić information content (AvgIpc) is 2.96. The summed E-state index contributed by atoms with van der Waals surface area (Å²) in [6.45, 7) is 8.00. The quantitative estimate of drug-likeness (QED) is 0.872. The van der Waals surface area contributed by atoms with E-state index in [4.69, 9.17) is 4.42 Å². The number of hydrogen-bond donors (Lipinski definition) is 0. The number of piperazine rings is 1. The molecule has 5 heteroatoms. The van der Waals surface area contributed by atoms with Gasteiger partial charge in [-0.25, -0.2) is 0 Å². The van der Waals surface area contributed by atoms with E-state index < -0.39 is 0 Å². The number of aryl methyl sites for hydroxylation is 2. The second-order valence-electron chi connectivity index (χ2n) is 5.73. The fourth-order valence-electron chi connectivity index (χ4n) is 2.78. The van der Waals surface area contributed by atoms with Gasteiger partial charge in [0, 0.05) is 38.9 Å². The maximum Gasteiger partial charge on any atom is 0.257 e. The molecular weight excluding hydrogens is 278 g/mol. The maximum absolute atomic E-state index is 12.4. The van der Waals surface area contributed by atoms with Crippen molar-refractivity contribution in [3.05, 3.63) is 53.2 Å². The first-order chi connectivity index (χ1) is 10.6. The topological polar surface area (TPSA) is 49.6 Å². The van der Waals surface area contributed by atoms with Crippen LogP contribution in [0.3, 0.4) is 0 Å². The third-order valence-corrected chi connectivity index (χ3v) is 4.24. The number of nitrogens with zero attached hydrogens (tertiary/aromatic N) is 3. The number of carbonyl (C=O) groups is 1. The molecule has 22 heavy (non-hydrogen) atoms. The lowest BCUT2D eigenvalue weighted by atomic mass is 10.2. The van der Waals surface area contributed by atoms with Gasteiger partial charge in [-0.15, -0.1) is 0 Å². The lowest BCUT2D eigenvalue weighted by Crippen LogP contribution is -2.48. The summed E-state index contributed by atoms with van der Waals surface area (Å²) in [5.41, 5.74) is 3.01. The first kappa shape index (κ1) is 14.8. The van der Waals surface area contributed by atoms with Crippen LogP contribution in [-0.4, -0.2) is 46.9 Å². The molecule has 0 atom stereocenters. The van der Waals surface area contributed by atoms with Crippen LogP contribution in [0.2, 0.25) is 0 Å². The monoisotopic (exact) mass is 299 g/mol. The summed E-state index contributed by atoms with van der Waals surface area (Å²) in [6.07, 6.45) is 3.41. The lowest BCUT2D eigenvalue weighted by Gasteiger charge is -2.34. The van der Waals surface area contributed by atoms with E-state index in [2.05, 4.69) is 22.9 Å². The van der Waals surface area contributed by atoms with Crippen LogP contribution in [0.5, 0.6) is 0 Å². The van der Waals surface area contributed by atoms with E-state index in [-0.39, 0.29) is 5.91 Å². The molecule has 2 aromatic rings. The van der Waals surface area contributed by atoms with Crippen LogP contribution in [-0.2, 0) is 6.54 Å². The van der Waals surface area contributed by atoms with E-state index in [9.17, 15) is 4.79 Å². The van der Waals surface area contributed by atoms with Crippen LogP contribution in [0.1, 0.15) is 27.4 Å². The van der Waals surface area contributed by atoms with Crippen LogP contribution in [0.25, 0.3) is 0 Å². The average molecular weight is 299 g/mol. The van der Waals surface area contributed by atoms with Crippen molar-refractivity contribution in [1.29, 1.82) is 0 Å². The largest absolute Gasteiger partial charge is 0.469 e. The molecule has 0 radical (unpaired) electrons. The molecule has 1 saturated heterocycles. The Labute approximate surface area is 130 Å². The molecule has 0 saturated carbocycles. The number of pyridine rings is 1.